The zero-order chi connectivity index (χ0) is 28.3. The molecule has 6 rings (SSSR count). The Bertz CT molecular complexity index is 1860. The van der Waals surface area contributed by atoms with E-state index in [1.165, 1.54) is 0 Å². The Morgan fingerprint density at radius 2 is 2.05 bits per heavy atom. The fourth-order valence-corrected chi connectivity index (χ4v) is 6.04. The zero-order valence-corrected chi connectivity index (χ0v) is 25.0. The van der Waals surface area contributed by atoms with Crippen LogP contribution in [0.5, 0.6) is 0 Å². The van der Waals surface area contributed by atoms with Gasteiger partial charge in [0.25, 0.3) is 11.5 Å². The Balaban J connectivity index is 1.53. The number of rotatable bonds is 5. The molecule has 0 fully saturated rings. The van der Waals surface area contributed by atoms with Crippen LogP contribution in [-0.4, -0.2) is 48.3 Å². The van der Waals surface area contributed by atoms with E-state index in [4.69, 9.17) is 16.7 Å². The van der Waals surface area contributed by atoms with Gasteiger partial charge >= 0.3 is 0 Å². The summed E-state index contributed by atoms with van der Waals surface area (Å²) < 4.78 is 4.35. The third-order valence-electron chi connectivity index (χ3n) is 7.54. The molecule has 4 heterocycles. The van der Waals surface area contributed by atoms with Crippen LogP contribution in [0.3, 0.4) is 0 Å². The average Bonchev–Trinajstić information content (AvgIpc) is 3.53. The molecule has 0 bridgehead atoms. The maximum absolute atomic E-state index is 14.3. The molecule has 5 aromatic rings. The molecule has 1 aliphatic rings. The molecule has 0 aliphatic carbocycles. The van der Waals surface area contributed by atoms with Gasteiger partial charge in [-0.15, -0.1) is 0 Å². The molecule has 9 nitrogen and oxygen atoms in total. The number of aromatic nitrogens is 5. The summed E-state index contributed by atoms with van der Waals surface area (Å²) in [5.41, 5.74) is 5.07. The van der Waals surface area contributed by atoms with Crippen LogP contribution in [0, 0.1) is 5.92 Å². The Morgan fingerprint density at radius 1 is 1.25 bits per heavy atom. The van der Waals surface area contributed by atoms with Crippen LogP contribution in [-0.2, 0) is 19.4 Å². The van der Waals surface area contributed by atoms with Gasteiger partial charge in [-0.1, -0.05) is 25.4 Å². The Morgan fingerprint density at radius 3 is 2.77 bits per heavy atom. The second-order valence-corrected chi connectivity index (χ2v) is 12.0. The van der Waals surface area contributed by atoms with Crippen molar-refractivity contribution in [3.63, 3.8) is 0 Å². The van der Waals surface area contributed by atoms with Gasteiger partial charge < -0.3 is 10.2 Å². The quantitative estimate of drug-likeness (QED) is 0.266. The maximum Gasteiger partial charge on any atom is 0.261 e. The van der Waals surface area contributed by atoms with Crippen LogP contribution in [0.15, 0.2) is 51.9 Å². The number of carbonyl (C=O) groups is 1. The van der Waals surface area contributed by atoms with E-state index in [2.05, 4.69) is 45.3 Å². The monoisotopic (exact) mass is 621 g/mol. The van der Waals surface area contributed by atoms with E-state index in [9.17, 15) is 9.59 Å². The molecular formula is C29H29BrClN7O2. The molecule has 1 atom stereocenters. The lowest BCUT2D eigenvalue weighted by Crippen LogP contribution is -2.46. The highest BCUT2D eigenvalue weighted by molar-refractivity contribution is 9.10. The fraction of sp³-hybridized carbons (Fsp3) is 0.310. The summed E-state index contributed by atoms with van der Waals surface area (Å²) in [6.07, 6.45) is 3.02. The largest absolute Gasteiger partial charge is 0.371 e. The number of hydrogen-bond donors (Lipinski definition) is 2. The van der Waals surface area contributed by atoms with Gasteiger partial charge in [0.05, 0.1) is 34.7 Å². The third-order valence-corrected chi connectivity index (χ3v) is 8.78. The zero-order valence-electron chi connectivity index (χ0n) is 22.6. The summed E-state index contributed by atoms with van der Waals surface area (Å²) in [5, 5.41) is 16.7. The molecule has 1 aliphatic heterocycles. The first-order chi connectivity index (χ1) is 19.2. The van der Waals surface area contributed by atoms with Gasteiger partial charge in [-0.05, 0) is 78.0 Å². The summed E-state index contributed by atoms with van der Waals surface area (Å²) in [6.45, 7) is 6.53. The highest BCUT2D eigenvalue weighted by Gasteiger charge is 2.33. The minimum absolute atomic E-state index is 0.0913. The minimum Gasteiger partial charge on any atom is -0.371 e. The lowest BCUT2D eigenvalue weighted by atomic mass is 9.98. The molecule has 1 amide bonds. The van der Waals surface area contributed by atoms with E-state index in [-0.39, 0.29) is 24.1 Å². The molecule has 40 heavy (non-hydrogen) atoms. The van der Waals surface area contributed by atoms with E-state index < -0.39 is 0 Å². The van der Waals surface area contributed by atoms with E-state index in [0.29, 0.717) is 28.5 Å². The number of halogens is 2. The lowest BCUT2D eigenvalue weighted by molar-refractivity contribution is 0.0651. The minimum atomic E-state index is -0.194. The molecule has 2 N–H and O–H groups in total. The van der Waals surface area contributed by atoms with E-state index in [1.54, 1.807) is 27.7 Å². The summed E-state index contributed by atoms with van der Waals surface area (Å²) in [6, 6.07) is 10.9. The van der Waals surface area contributed by atoms with Crippen molar-refractivity contribution < 1.29 is 4.79 Å². The van der Waals surface area contributed by atoms with Crippen molar-refractivity contribution in [3.8, 4) is 5.69 Å². The van der Waals surface area contributed by atoms with Gasteiger partial charge in [-0.2, -0.15) is 10.2 Å². The van der Waals surface area contributed by atoms with Crippen LogP contribution in [0.1, 0.15) is 48.0 Å². The Kier molecular flexibility index (Phi) is 6.70. The number of H-pyrrole nitrogens is 1. The third kappa shape index (κ3) is 4.30. The Labute approximate surface area is 244 Å². The lowest BCUT2D eigenvalue weighted by Gasteiger charge is -2.35. The average molecular weight is 623 g/mol. The molecule has 0 radical (unpaired) electrons. The first-order valence-electron chi connectivity index (χ1n) is 13.2. The molecular weight excluding hydrogens is 594 g/mol. The first-order valence-corrected chi connectivity index (χ1v) is 14.4. The molecule has 0 spiro atoms. The highest BCUT2D eigenvalue weighted by Crippen LogP contribution is 2.30. The van der Waals surface area contributed by atoms with E-state index in [1.807, 2.05) is 42.9 Å². The smallest absolute Gasteiger partial charge is 0.261 e. The molecule has 0 saturated heterocycles. The van der Waals surface area contributed by atoms with Crippen LogP contribution in [0.4, 0.5) is 5.82 Å². The summed E-state index contributed by atoms with van der Waals surface area (Å²) >= 11 is 9.69. The van der Waals surface area contributed by atoms with Crippen molar-refractivity contribution in [1.82, 2.24) is 29.3 Å². The number of amides is 1. The Hall–Kier alpha value is -3.63. The van der Waals surface area contributed by atoms with Gasteiger partial charge in [-0.3, -0.25) is 19.3 Å². The number of nitrogens with zero attached hydrogens (tertiary/aromatic N) is 5. The maximum atomic E-state index is 14.3. The van der Waals surface area contributed by atoms with Crippen LogP contribution < -0.4 is 10.9 Å². The molecule has 3 aromatic heterocycles. The van der Waals surface area contributed by atoms with Gasteiger partial charge in [0.2, 0.25) is 0 Å². The van der Waals surface area contributed by atoms with Crippen molar-refractivity contribution in [3.05, 3.63) is 84.8 Å². The summed E-state index contributed by atoms with van der Waals surface area (Å²) in [5.74, 6) is 0.977. The highest BCUT2D eigenvalue weighted by atomic mass is 79.9. The number of fused-ring (bicyclic) bond motifs is 4. The molecule has 0 unspecified atom stereocenters. The number of aromatic amines is 1. The second-order valence-electron chi connectivity index (χ2n) is 10.7. The number of benzene rings is 2. The standard InChI is InChI=1S/C29H29BrClN7O2/c1-15(2)9-18-13-33-38-25-14-36(28(39)17-5-8-22(30)23(31)11-17)16(3)10-21(25)29(40)37(27(18)38)19-6-7-20-24(12-19)34-35-26(20)32-4/h5-8,11-13,15-16H,9-10,14H2,1-4H3,(H2,32,34,35)/t16-/m1/s1. The second kappa shape index (κ2) is 10.1. The van der Waals surface area contributed by atoms with Gasteiger partial charge in [0, 0.05) is 39.6 Å². The number of nitrogens with one attached hydrogen (secondary N) is 2. The van der Waals surface area contributed by atoms with Crippen molar-refractivity contribution in [2.45, 2.75) is 46.2 Å². The van der Waals surface area contributed by atoms with Crippen molar-refractivity contribution in [2.75, 3.05) is 12.4 Å². The van der Waals surface area contributed by atoms with Crippen LogP contribution in [0.2, 0.25) is 5.02 Å². The molecule has 0 saturated carbocycles. The fourth-order valence-electron chi connectivity index (χ4n) is 5.61. The van der Waals surface area contributed by atoms with Crippen molar-refractivity contribution in [1.29, 1.82) is 0 Å². The van der Waals surface area contributed by atoms with Gasteiger partial charge in [0.1, 0.15) is 5.65 Å². The van der Waals surface area contributed by atoms with Gasteiger partial charge in [0.15, 0.2) is 5.82 Å². The van der Waals surface area contributed by atoms with E-state index in [0.717, 1.165) is 50.2 Å². The normalized spacial score (nSPS) is 15.3. The summed E-state index contributed by atoms with van der Waals surface area (Å²) in [7, 11) is 1.83. The number of anilines is 1. The molecule has 11 heteroatoms. The van der Waals surface area contributed by atoms with Gasteiger partial charge in [-0.25, -0.2) is 4.52 Å². The van der Waals surface area contributed by atoms with Crippen molar-refractivity contribution >= 4 is 55.8 Å². The van der Waals surface area contributed by atoms with E-state index >= 15 is 0 Å². The number of hydrogen-bond acceptors (Lipinski definition) is 5. The van der Waals surface area contributed by atoms with Crippen LogP contribution >= 0.6 is 27.5 Å². The first kappa shape index (κ1) is 26.6. The predicted molar refractivity (Wildman–Crippen MR) is 161 cm³/mol. The SMILES string of the molecule is CNc1n[nH]c2cc(-n3c(=O)c4c(n5ncc(CC(C)C)c35)CN(C(=O)c3ccc(Br)c(Cl)c3)[C@H](C)C4)ccc12. The van der Waals surface area contributed by atoms with Crippen molar-refractivity contribution in [2.24, 2.45) is 5.92 Å². The molecule has 206 valence electrons. The molecule has 2 aromatic carbocycles. The number of carbonyl (C=O) groups excluding carboxylic acids is 1. The van der Waals surface area contributed by atoms with Crippen LogP contribution in [0.25, 0.3) is 22.2 Å². The predicted octanol–water partition coefficient (Wildman–Crippen LogP) is 5.60. The summed E-state index contributed by atoms with van der Waals surface area (Å²) in [4.78, 5) is 29.7. The topological polar surface area (TPSA) is 100 Å².